The van der Waals surface area contributed by atoms with Crippen molar-refractivity contribution in [2.24, 2.45) is 0 Å². The molecule has 0 aliphatic heterocycles. The van der Waals surface area contributed by atoms with Crippen molar-refractivity contribution in [3.63, 3.8) is 0 Å². The summed E-state index contributed by atoms with van der Waals surface area (Å²) in [4.78, 5) is 10.2. The van der Waals surface area contributed by atoms with Gasteiger partial charge in [0.15, 0.2) is 6.29 Å². The van der Waals surface area contributed by atoms with E-state index in [1.165, 1.54) is 0 Å². The number of carbonyl (C=O) groups is 1. The predicted molar refractivity (Wildman–Crippen MR) is 40.8 cm³/mol. The molecule has 0 bridgehead atoms. The van der Waals surface area contributed by atoms with Gasteiger partial charge in [-0.05, 0) is 13.3 Å². The van der Waals surface area contributed by atoms with Crippen molar-refractivity contribution < 1.29 is 9.90 Å². The molecule has 0 amide bonds. The normalized spacial score (nSPS) is 16.3. The van der Waals surface area contributed by atoms with Crippen molar-refractivity contribution in [2.75, 3.05) is 0 Å². The second-order valence-corrected chi connectivity index (χ2v) is 2.93. The van der Waals surface area contributed by atoms with Crippen molar-refractivity contribution in [2.45, 2.75) is 45.1 Å². The first-order valence-electron chi connectivity index (χ1n) is 3.81. The van der Waals surface area contributed by atoms with Crippen molar-refractivity contribution in [1.29, 1.82) is 0 Å². The number of rotatable bonds is 5. The van der Waals surface area contributed by atoms with Gasteiger partial charge in [-0.3, -0.25) is 0 Å². The molecular weight excluding hydrogens is 128 g/mol. The van der Waals surface area contributed by atoms with Gasteiger partial charge in [0.05, 0.1) is 0 Å². The fraction of sp³-hybridized carbons (Fsp3) is 0.875. The number of hydrogen-bond donors (Lipinski definition) is 1. The third kappa shape index (κ3) is 4.50. The Morgan fingerprint density at radius 3 is 2.50 bits per heavy atom. The second kappa shape index (κ2) is 4.45. The molecule has 0 saturated carbocycles. The van der Waals surface area contributed by atoms with Crippen LogP contribution in [-0.2, 0) is 4.79 Å². The largest absolute Gasteiger partial charge is 0.383 e. The first-order chi connectivity index (χ1) is 4.62. The topological polar surface area (TPSA) is 37.3 Å². The zero-order chi connectivity index (χ0) is 8.04. The summed E-state index contributed by atoms with van der Waals surface area (Å²) in [5.74, 6) is 0. The number of unbranched alkanes of at least 4 members (excludes halogenated alkanes) is 2. The van der Waals surface area contributed by atoms with Crippen molar-refractivity contribution in [3.8, 4) is 0 Å². The fourth-order valence-corrected chi connectivity index (χ4v) is 0.792. The van der Waals surface area contributed by atoms with Crippen LogP contribution in [0.15, 0.2) is 0 Å². The van der Waals surface area contributed by atoms with E-state index in [2.05, 4.69) is 6.92 Å². The summed E-state index contributed by atoms with van der Waals surface area (Å²) in [5, 5.41) is 9.18. The lowest BCUT2D eigenvalue weighted by Crippen LogP contribution is -2.25. The monoisotopic (exact) mass is 144 g/mol. The van der Waals surface area contributed by atoms with Gasteiger partial charge in [-0.25, -0.2) is 0 Å². The summed E-state index contributed by atoms with van der Waals surface area (Å²) in [6.07, 6.45) is 4.34. The third-order valence-electron chi connectivity index (χ3n) is 1.54. The van der Waals surface area contributed by atoms with Gasteiger partial charge < -0.3 is 9.90 Å². The molecule has 0 aliphatic carbocycles. The Labute approximate surface area is 62.2 Å². The first kappa shape index (κ1) is 9.63. The molecule has 0 aromatic carbocycles. The maximum Gasteiger partial charge on any atom is 0.151 e. The van der Waals surface area contributed by atoms with Crippen molar-refractivity contribution >= 4 is 6.29 Å². The molecule has 0 heterocycles. The molecular formula is C8H16O2. The van der Waals surface area contributed by atoms with Gasteiger partial charge in [-0.15, -0.1) is 0 Å². The van der Waals surface area contributed by atoms with E-state index in [1.807, 2.05) is 0 Å². The summed E-state index contributed by atoms with van der Waals surface area (Å²) in [6.45, 7) is 3.64. The lowest BCUT2D eigenvalue weighted by Gasteiger charge is -2.13. The van der Waals surface area contributed by atoms with Crippen LogP contribution >= 0.6 is 0 Å². The lowest BCUT2D eigenvalue weighted by molar-refractivity contribution is -0.123. The molecule has 0 aliphatic rings. The molecule has 1 N–H and O–H groups in total. The van der Waals surface area contributed by atoms with E-state index in [-0.39, 0.29) is 0 Å². The molecule has 0 spiro atoms. The molecule has 1 atom stereocenters. The Balaban J connectivity index is 3.37. The Hall–Kier alpha value is -0.370. The van der Waals surface area contributed by atoms with E-state index in [0.717, 1.165) is 19.3 Å². The van der Waals surface area contributed by atoms with Crippen LogP contribution in [0.1, 0.15) is 39.5 Å². The molecule has 2 nitrogen and oxygen atoms in total. The van der Waals surface area contributed by atoms with E-state index < -0.39 is 5.60 Å². The summed E-state index contributed by atoms with van der Waals surface area (Å²) in [5.41, 5.74) is -1.09. The molecule has 0 rings (SSSR count). The van der Waals surface area contributed by atoms with Crippen LogP contribution < -0.4 is 0 Å². The summed E-state index contributed by atoms with van der Waals surface area (Å²) >= 11 is 0. The molecule has 10 heavy (non-hydrogen) atoms. The van der Waals surface area contributed by atoms with Gasteiger partial charge in [-0.1, -0.05) is 26.2 Å². The average Bonchev–Trinajstić information content (AvgIpc) is 1.89. The average molecular weight is 144 g/mol. The van der Waals surface area contributed by atoms with Crippen LogP contribution in [-0.4, -0.2) is 17.0 Å². The Bertz CT molecular complexity index is 97.4. The molecule has 0 saturated heterocycles. The highest BCUT2D eigenvalue weighted by molar-refractivity contribution is 5.60. The lowest BCUT2D eigenvalue weighted by atomic mass is 10.0. The van der Waals surface area contributed by atoms with Gasteiger partial charge in [0, 0.05) is 0 Å². The predicted octanol–water partition coefficient (Wildman–Crippen LogP) is 1.52. The first-order valence-corrected chi connectivity index (χ1v) is 3.81. The molecule has 60 valence electrons. The standard InChI is InChI=1S/C8H16O2/c1-3-4-5-6-8(2,10)7-9/h7,10H,3-6H2,1-2H3. The van der Waals surface area contributed by atoms with E-state index >= 15 is 0 Å². The molecule has 0 aromatic rings. The van der Waals surface area contributed by atoms with Crippen molar-refractivity contribution in [3.05, 3.63) is 0 Å². The summed E-state index contributed by atoms with van der Waals surface area (Å²) in [6, 6.07) is 0. The fourth-order valence-electron chi connectivity index (χ4n) is 0.792. The number of aliphatic hydroxyl groups is 1. The van der Waals surface area contributed by atoms with Crippen LogP contribution in [0.2, 0.25) is 0 Å². The van der Waals surface area contributed by atoms with Crippen LogP contribution in [0.4, 0.5) is 0 Å². The molecule has 0 radical (unpaired) electrons. The number of carbonyl (C=O) groups excluding carboxylic acids is 1. The highest BCUT2D eigenvalue weighted by Gasteiger charge is 2.17. The maximum atomic E-state index is 10.2. The van der Waals surface area contributed by atoms with Crippen LogP contribution in [0, 0.1) is 0 Å². The Kier molecular flexibility index (Phi) is 4.28. The second-order valence-electron chi connectivity index (χ2n) is 2.93. The van der Waals surface area contributed by atoms with Crippen LogP contribution in [0.25, 0.3) is 0 Å². The van der Waals surface area contributed by atoms with Crippen molar-refractivity contribution in [1.82, 2.24) is 0 Å². The van der Waals surface area contributed by atoms with Crippen LogP contribution in [0.3, 0.4) is 0 Å². The quantitative estimate of drug-likeness (QED) is 0.469. The van der Waals surface area contributed by atoms with Gasteiger partial charge in [0.1, 0.15) is 5.60 Å². The maximum absolute atomic E-state index is 10.2. The molecule has 2 heteroatoms. The minimum Gasteiger partial charge on any atom is -0.383 e. The molecule has 0 fully saturated rings. The van der Waals surface area contributed by atoms with E-state index in [9.17, 15) is 9.90 Å². The smallest absolute Gasteiger partial charge is 0.151 e. The third-order valence-corrected chi connectivity index (χ3v) is 1.54. The molecule has 0 aromatic heterocycles. The number of hydrogen-bond acceptors (Lipinski definition) is 2. The van der Waals surface area contributed by atoms with Gasteiger partial charge in [0.25, 0.3) is 0 Å². The summed E-state index contributed by atoms with van der Waals surface area (Å²) in [7, 11) is 0. The van der Waals surface area contributed by atoms with Crippen LogP contribution in [0.5, 0.6) is 0 Å². The van der Waals surface area contributed by atoms with E-state index in [4.69, 9.17) is 0 Å². The van der Waals surface area contributed by atoms with Gasteiger partial charge in [0.2, 0.25) is 0 Å². The zero-order valence-electron chi connectivity index (χ0n) is 6.76. The van der Waals surface area contributed by atoms with Gasteiger partial charge >= 0.3 is 0 Å². The van der Waals surface area contributed by atoms with E-state index in [0.29, 0.717) is 12.7 Å². The van der Waals surface area contributed by atoms with Gasteiger partial charge in [-0.2, -0.15) is 0 Å². The van der Waals surface area contributed by atoms with E-state index in [1.54, 1.807) is 6.92 Å². The summed E-state index contributed by atoms with van der Waals surface area (Å²) < 4.78 is 0. The minimum absolute atomic E-state index is 0.588. The zero-order valence-corrected chi connectivity index (χ0v) is 6.76. The Morgan fingerprint density at radius 2 is 2.10 bits per heavy atom. The SMILES string of the molecule is CCCCCC(C)(O)C=O. The molecule has 1 unspecified atom stereocenters. The minimum atomic E-state index is -1.09. The number of aldehydes is 1. The highest BCUT2D eigenvalue weighted by atomic mass is 16.3. The highest BCUT2D eigenvalue weighted by Crippen LogP contribution is 2.10. The Morgan fingerprint density at radius 1 is 1.50 bits per heavy atom.